The second-order valence-corrected chi connectivity index (χ2v) is 11.6. The Labute approximate surface area is 263 Å². The van der Waals surface area contributed by atoms with E-state index in [0.717, 1.165) is 11.3 Å². The van der Waals surface area contributed by atoms with Crippen LogP contribution in [0, 0.1) is 5.41 Å². The zero-order valence-electron chi connectivity index (χ0n) is 25.7. The second kappa shape index (κ2) is 23.3. The first-order chi connectivity index (χ1) is 21.0. The summed E-state index contributed by atoms with van der Waals surface area (Å²) in [5.74, 6) is -1.66. The number of hydrogen-bond donors (Lipinski definition) is 6. The summed E-state index contributed by atoms with van der Waals surface area (Å²) in [6.07, 6.45) is 2.68. The Kier molecular flexibility index (Phi) is 20.6. The number of ether oxygens (including phenoxy) is 2. The van der Waals surface area contributed by atoms with Gasteiger partial charge in [0.05, 0.1) is 31.7 Å². The van der Waals surface area contributed by atoms with Crippen LogP contribution in [0.2, 0.25) is 0 Å². The van der Waals surface area contributed by atoms with Gasteiger partial charge in [-0.1, -0.05) is 0 Å². The molecule has 6 amide bonds. The highest BCUT2D eigenvalue weighted by atomic mass is 32.2. The zero-order valence-corrected chi connectivity index (χ0v) is 26.5. The molecule has 1 unspecified atom stereocenters. The number of carbonyl (C=O) groups excluding carboxylic acids is 6. The molecule has 0 saturated carbocycles. The van der Waals surface area contributed by atoms with Crippen molar-refractivity contribution in [3.63, 3.8) is 0 Å². The smallest absolute Gasteiger partial charge is 0.242 e. The van der Waals surface area contributed by atoms with Crippen molar-refractivity contribution in [1.82, 2.24) is 20.9 Å². The van der Waals surface area contributed by atoms with Crippen LogP contribution in [0.1, 0.15) is 64.7 Å². The van der Waals surface area contributed by atoms with Crippen LogP contribution < -0.4 is 27.4 Å². The first kappa shape index (κ1) is 38.9. The summed E-state index contributed by atoms with van der Waals surface area (Å²) in [6.45, 7) is 4.37. The van der Waals surface area contributed by atoms with E-state index in [1.807, 2.05) is 0 Å². The summed E-state index contributed by atoms with van der Waals surface area (Å²) in [4.78, 5) is 74.1. The number of unbranched alkanes of at least 4 members (excludes halogenated alkanes) is 1. The molecule has 1 aliphatic rings. The summed E-state index contributed by atoms with van der Waals surface area (Å²) >= 11 is 1.42. The molecule has 0 aromatic rings. The van der Waals surface area contributed by atoms with Gasteiger partial charge in [-0.05, 0) is 44.8 Å². The van der Waals surface area contributed by atoms with E-state index in [2.05, 4.69) is 16.0 Å². The van der Waals surface area contributed by atoms with E-state index < -0.39 is 23.1 Å². The first-order valence-corrected chi connectivity index (χ1v) is 16.1. The van der Waals surface area contributed by atoms with E-state index in [9.17, 15) is 28.8 Å². The van der Waals surface area contributed by atoms with Crippen LogP contribution in [0.4, 0.5) is 0 Å². The molecule has 8 N–H and O–H groups in total. The molecule has 0 aliphatic carbocycles. The average Bonchev–Trinajstić information content (AvgIpc) is 3.24. The highest BCUT2D eigenvalue weighted by Gasteiger charge is 2.38. The third-order valence-electron chi connectivity index (χ3n) is 6.48. The molecule has 0 spiro atoms. The molecule has 0 bridgehead atoms. The molecule has 0 aromatic heterocycles. The number of primary amides is 1. The van der Waals surface area contributed by atoms with E-state index in [1.165, 1.54) is 11.8 Å². The number of nitrogens with two attached hydrogens (primary N) is 2. The molecule has 250 valence electrons. The van der Waals surface area contributed by atoms with E-state index in [-0.39, 0.29) is 62.3 Å². The molecule has 1 heterocycles. The number of thioether (sulfide) groups is 1. The standard InChI is InChI=1S/C28H49N7O8S/c1-20(30)5-4-18-44-22-19-26(39)35(28(22)41)13-9-24(37)32-11-3-2-6-21(27(31)40)34-25(38)8-7-23(36)33-12-15-43-17-16-42-14-10-29/h21-22,30H,2-19,29H2,1H3,(H2,31,40)(H,32,37)(H,33,36)(H,34,38)/t21-,22?/m0/s1. The molecule has 1 aliphatic heterocycles. The topological polar surface area (TPSA) is 236 Å². The lowest BCUT2D eigenvalue weighted by molar-refractivity contribution is -0.138. The van der Waals surface area contributed by atoms with Crippen molar-refractivity contribution in [3.8, 4) is 0 Å². The maximum atomic E-state index is 12.5. The lowest BCUT2D eigenvalue weighted by Gasteiger charge is -2.16. The molecule has 0 radical (unpaired) electrons. The number of imide groups is 1. The summed E-state index contributed by atoms with van der Waals surface area (Å²) in [5, 5.41) is 14.9. The van der Waals surface area contributed by atoms with Gasteiger partial charge in [-0.3, -0.25) is 33.7 Å². The third kappa shape index (κ3) is 17.9. The number of carbonyl (C=O) groups is 6. The van der Waals surface area contributed by atoms with Gasteiger partial charge >= 0.3 is 0 Å². The average molecular weight is 644 g/mol. The van der Waals surface area contributed by atoms with Crippen LogP contribution >= 0.6 is 11.8 Å². The highest BCUT2D eigenvalue weighted by Crippen LogP contribution is 2.26. The number of rotatable bonds is 26. The van der Waals surface area contributed by atoms with Gasteiger partial charge in [0.25, 0.3) is 0 Å². The van der Waals surface area contributed by atoms with E-state index in [4.69, 9.17) is 26.4 Å². The number of nitrogens with zero attached hydrogens (tertiary/aromatic N) is 1. The number of nitrogens with one attached hydrogen (secondary N) is 4. The zero-order chi connectivity index (χ0) is 32.7. The van der Waals surface area contributed by atoms with Gasteiger partial charge in [0.15, 0.2) is 0 Å². The van der Waals surface area contributed by atoms with E-state index in [1.54, 1.807) is 6.92 Å². The van der Waals surface area contributed by atoms with Gasteiger partial charge in [-0.2, -0.15) is 0 Å². The van der Waals surface area contributed by atoms with Crippen LogP contribution in [-0.4, -0.2) is 116 Å². The van der Waals surface area contributed by atoms with Crippen LogP contribution in [0.5, 0.6) is 0 Å². The van der Waals surface area contributed by atoms with Gasteiger partial charge < -0.3 is 42.3 Å². The van der Waals surface area contributed by atoms with Gasteiger partial charge in [-0.25, -0.2) is 0 Å². The molecule has 1 fully saturated rings. The fourth-order valence-corrected chi connectivity index (χ4v) is 5.25. The van der Waals surface area contributed by atoms with Crippen LogP contribution in [0.15, 0.2) is 0 Å². The van der Waals surface area contributed by atoms with Crippen molar-refractivity contribution in [2.75, 3.05) is 58.4 Å². The Bertz CT molecular complexity index is 968. The Hall–Kier alpha value is -3.08. The molecular weight excluding hydrogens is 594 g/mol. The minimum atomic E-state index is -0.900. The quantitative estimate of drug-likeness (QED) is 0.0390. The fraction of sp³-hybridized carbons (Fsp3) is 0.750. The molecule has 1 rings (SSSR count). The van der Waals surface area contributed by atoms with Gasteiger partial charge in [0.1, 0.15) is 6.04 Å². The van der Waals surface area contributed by atoms with Crippen molar-refractivity contribution in [3.05, 3.63) is 0 Å². The molecule has 15 nitrogen and oxygen atoms in total. The van der Waals surface area contributed by atoms with Crippen molar-refractivity contribution < 1.29 is 38.2 Å². The number of likely N-dealkylation sites (tertiary alicyclic amines) is 1. The fourth-order valence-electron chi connectivity index (χ4n) is 4.12. The van der Waals surface area contributed by atoms with Crippen LogP contribution in [-0.2, 0) is 38.2 Å². The lowest BCUT2D eigenvalue weighted by atomic mass is 10.1. The summed E-state index contributed by atoms with van der Waals surface area (Å²) < 4.78 is 10.5. The Morgan fingerprint density at radius 1 is 0.932 bits per heavy atom. The Balaban J connectivity index is 2.18. The molecule has 2 atom stereocenters. The van der Waals surface area contributed by atoms with Crippen molar-refractivity contribution in [2.45, 2.75) is 76.0 Å². The number of amides is 6. The minimum Gasteiger partial charge on any atom is -0.378 e. The summed E-state index contributed by atoms with van der Waals surface area (Å²) in [7, 11) is 0. The monoisotopic (exact) mass is 643 g/mol. The molecule has 16 heteroatoms. The first-order valence-electron chi connectivity index (χ1n) is 15.0. The SMILES string of the molecule is CC(=N)CCCSC1CC(=O)N(CCC(=O)NCCCC[C@H](NC(=O)CCC(=O)NCCOCCOCCN)C(N)=O)C1=O. The Morgan fingerprint density at radius 3 is 2.27 bits per heavy atom. The predicted molar refractivity (Wildman–Crippen MR) is 166 cm³/mol. The van der Waals surface area contributed by atoms with Gasteiger partial charge in [0.2, 0.25) is 35.4 Å². The highest BCUT2D eigenvalue weighted by molar-refractivity contribution is 8.00. The van der Waals surface area contributed by atoms with E-state index in [0.29, 0.717) is 76.8 Å². The molecule has 1 saturated heterocycles. The molecular formula is C28H49N7O8S. The third-order valence-corrected chi connectivity index (χ3v) is 7.78. The maximum absolute atomic E-state index is 12.5. The predicted octanol–water partition coefficient (Wildman–Crippen LogP) is -0.798. The van der Waals surface area contributed by atoms with Crippen LogP contribution in [0.25, 0.3) is 0 Å². The summed E-state index contributed by atoms with van der Waals surface area (Å²) in [6, 6.07) is -0.900. The van der Waals surface area contributed by atoms with Gasteiger partial charge in [-0.15, -0.1) is 11.8 Å². The van der Waals surface area contributed by atoms with Crippen LogP contribution in [0.3, 0.4) is 0 Å². The lowest BCUT2D eigenvalue weighted by Crippen LogP contribution is -2.44. The van der Waals surface area contributed by atoms with Crippen molar-refractivity contribution >= 4 is 52.9 Å². The largest absolute Gasteiger partial charge is 0.378 e. The molecule has 0 aromatic carbocycles. The van der Waals surface area contributed by atoms with Crippen molar-refractivity contribution in [1.29, 1.82) is 5.41 Å². The molecule has 44 heavy (non-hydrogen) atoms. The van der Waals surface area contributed by atoms with E-state index >= 15 is 0 Å². The Morgan fingerprint density at radius 2 is 1.59 bits per heavy atom. The number of hydrogen-bond acceptors (Lipinski definition) is 11. The van der Waals surface area contributed by atoms with Crippen molar-refractivity contribution in [2.24, 2.45) is 11.5 Å². The van der Waals surface area contributed by atoms with Gasteiger partial charge in [0, 0.05) is 57.6 Å². The summed E-state index contributed by atoms with van der Waals surface area (Å²) in [5.41, 5.74) is 11.3. The minimum absolute atomic E-state index is 0.00731. The second-order valence-electron chi connectivity index (χ2n) is 10.3. The normalized spacial score (nSPS) is 15.2. The maximum Gasteiger partial charge on any atom is 0.242 e.